The first-order valence-electron chi connectivity index (χ1n) is 37.2. The second-order valence-electron chi connectivity index (χ2n) is 25.6. The fourth-order valence-electron chi connectivity index (χ4n) is 11.7. The molecule has 0 aromatic heterocycles. The summed E-state index contributed by atoms with van der Waals surface area (Å²) in [6.07, 6.45) is 92.1. The normalized spacial score (nSPS) is 12.7. The topological polar surface area (TPSA) is 95.9 Å². The number of ether oxygens (including phenoxy) is 1. The van der Waals surface area contributed by atoms with Crippen LogP contribution >= 0.6 is 0 Å². The van der Waals surface area contributed by atoms with Gasteiger partial charge in [0, 0.05) is 12.8 Å². The van der Waals surface area contributed by atoms with Gasteiger partial charge in [0.1, 0.15) is 0 Å². The highest BCUT2D eigenvalue weighted by Crippen LogP contribution is 2.19. The molecular weight excluding hydrogens is 1010 g/mol. The molecule has 0 heterocycles. The van der Waals surface area contributed by atoms with Crippen LogP contribution in [0.4, 0.5) is 0 Å². The number of hydrogen-bond acceptors (Lipinski definition) is 5. The number of nitrogens with one attached hydrogen (secondary N) is 1. The van der Waals surface area contributed by atoms with E-state index in [0.717, 1.165) is 51.4 Å². The standard InChI is InChI=1S/C76H145NO5/c1-3-5-7-9-11-13-15-17-19-20-21-22-29-32-35-38-41-44-48-52-56-60-64-68-74(79)73(72-78)77-75(80)69-65-61-57-53-49-45-42-39-36-33-30-27-25-23-24-26-28-31-34-37-40-43-47-51-55-59-63-67-71-82-76(81)70-66-62-58-54-50-46-18-16-14-12-10-8-6-4-2/h10,12,16,18,23-24,73-74,78-79H,3-9,11,13-15,17,19-22,25-72H2,1-2H3,(H,77,80)/b12-10-,18-16-,24-23-. The molecule has 82 heavy (non-hydrogen) atoms. The maximum atomic E-state index is 12.6. The van der Waals surface area contributed by atoms with Crippen LogP contribution < -0.4 is 5.32 Å². The lowest BCUT2D eigenvalue weighted by molar-refractivity contribution is -0.143. The van der Waals surface area contributed by atoms with Gasteiger partial charge in [0.25, 0.3) is 0 Å². The summed E-state index contributed by atoms with van der Waals surface area (Å²) < 4.78 is 5.48. The molecule has 1 amide bonds. The largest absolute Gasteiger partial charge is 0.466 e. The number of esters is 1. The molecule has 0 aliphatic heterocycles. The Bertz CT molecular complexity index is 1330. The van der Waals surface area contributed by atoms with Crippen LogP contribution in [-0.4, -0.2) is 47.4 Å². The third-order valence-electron chi connectivity index (χ3n) is 17.4. The summed E-state index contributed by atoms with van der Waals surface area (Å²) in [4.78, 5) is 24.6. The first kappa shape index (κ1) is 80.1. The van der Waals surface area contributed by atoms with Gasteiger partial charge >= 0.3 is 5.97 Å². The van der Waals surface area contributed by atoms with Crippen LogP contribution in [-0.2, 0) is 14.3 Å². The Morgan fingerprint density at radius 2 is 0.622 bits per heavy atom. The fraction of sp³-hybridized carbons (Fsp3) is 0.895. The van der Waals surface area contributed by atoms with Crippen LogP contribution in [0.25, 0.3) is 0 Å². The number of rotatable bonds is 70. The Hall–Kier alpha value is -1.92. The monoisotopic (exact) mass is 1150 g/mol. The molecule has 3 N–H and O–H groups in total. The van der Waals surface area contributed by atoms with Crippen LogP contribution in [0.5, 0.6) is 0 Å². The number of unbranched alkanes of at least 4 members (excludes halogenated alkanes) is 53. The lowest BCUT2D eigenvalue weighted by atomic mass is 10.0. The van der Waals surface area contributed by atoms with Gasteiger partial charge in [0.15, 0.2) is 0 Å². The van der Waals surface area contributed by atoms with Crippen LogP contribution in [0.15, 0.2) is 36.5 Å². The van der Waals surface area contributed by atoms with Crippen molar-refractivity contribution in [3.63, 3.8) is 0 Å². The molecule has 6 heteroatoms. The molecular formula is C76H145NO5. The summed E-state index contributed by atoms with van der Waals surface area (Å²) in [5.74, 6) is -0.0285. The molecule has 6 nitrogen and oxygen atoms in total. The molecule has 2 atom stereocenters. The molecule has 484 valence electrons. The molecule has 2 unspecified atom stereocenters. The van der Waals surface area contributed by atoms with Gasteiger partial charge < -0.3 is 20.3 Å². The van der Waals surface area contributed by atoms with E-state index in [2.05, 4.69) is 55.6 Å². The molecule has 0 aromatic carbocycles. The third-order valence-corrected chi connectivity index (χ3v) is 17.4. The number of carbonyl (C=O) groups is 2. The van der Waals surface area contributed by atoms with Gasteiger partial charge in [0.05, 0.1) is 25.4 Å². The van der Waals surface area contributed by atoms with Crippen molar-refractivity contribution in [2.45, 2.75) is 424 Å². The van der Waals surface area contributed by atoms with Gasteiger partial charge in [-0.2, -0.15) is 0 Å². The predicted octanol–water partition coefficient (Wildman–Crippen LogP) is 24.3. The van der Waals surface area contributed by atoms with E-state index in [1.54, 1.807) is 0 Å². The summed E-state index contributed by atoms with van der Waals surface area (Å²) >= 11 is 0. The second-order valence-corrected chi connectivity index (χ2v) is 25.6. The molecule has 0 saturated carbocycles. The molecule has 0 spiro atoms. The Labute approximate surface area is 513 Å². The number of amides is 1. The highest BCUT2D eigenvalue weighted by atomic mass is 16.5. The zero-order valence-electron chi connectivity index (χ0n) is 55.5. The van der Waals surface area contributed by atoms with Crippen molar-refractivity contribution in [3.05, 3.63) is 36.5 Å². The van der Waals surface area contributed by atoms with Crippen LogP contribution in [0.1, 0.15) is 412 Å². The zero-order valence-corrected chi connectivity index (χ0v) is 55.5. The quantitative estimate of drug-likeness (QED) is 0.0320. The number of aliphatic hydroxyl groups excluding tert-OH is 2. The smallest absolute Gasteiger partial charge is 0.305 e. The number of aliphatic hydroxyl groups is 2. The first-order chi connectivity index (χ1) is 40.5. The van der Waals surface area contributed by atoms with Crippen molar-refractivity contribution in [1.29, 1.82) is 0 Å². The number of allylic oxidation sites excluding steroid dienone is 6. The Balaban J connectivity index is 3.39. The minimum Gasteiger partial charge on any atom is -0.466 e. The van der Waals surface area contributed by atoms with Gasteiger partial charge in [-0.3, -0.25) is 9.59 Å². The van der Waals surface area contributed by atoms with Gasteiger partial charge in [-0.05, 0) is 77.0 Å². The van der Waals surface area contributed by atoms with E-state index in [-0.39, 0.29) is 18.5 Å². The van der Waals surface area contributed by atoms with E-state index in [1.165, 1.54) is 327 Å². The summed E-state index contributed by atoms with van der Waals surface area (Å²) in [6.45, 7) is 4.95. The van der Waals surface area contributed by atoms with E-state index >= 15 is 0 Å². The van der Waals surface area contributed by atoms with Crippen LogP contribution in [0, 0.1) is 0 Å². The lowest BCUT2D eigenvalue weighted by Crippen LogP contribution is -2.45. The second kappa shape index (κ2) is 71.6. The minimum atomic E-state index is -0.666. The third kappa shape index (κ3) is 67.2. The van der Waals surface area contributed by atoms with Crippen molar-refractivity contribution in [2.24, 2.45) is 0 Å². The fourth-order valence-corrected chi connectivity index (χ4v) is 11.7. The van der Waals surface area contributed by atoms with Crippen LogP contribution in [0.2, 0.25) is 0 Å². The van der Waals surface area contributed by atoms with Gasteiger partial charge in [0.2, 0.25) is 5.91 Å². The highest BCUT2D eigenvalue weighted by molar-refractivity contribution is 5.76. The average Bonchev–Trinajstić information content (AvgIpc) is 3.48. The maximum Gasteiger partial charge on any atom is 0.305 e. The summed E-state index contributed by atoms with van der Waals surface area (Å²) in [7, 11) is 0. The van der Waals surface area contributed by atoms with Crippen molar-refractivity contribution >= 4 is 11.9 Å². The van der Waals surface area contributed by atoms with Crippen molar-refractivity contribution in [2.75, 3.05) is 13.2 Å². The van der Waals surface area contributed by atoms with Crippen molar-refractivity contribution < 1.29 is 24.5 Å². The van der Waals surface area contributed by atoms with Crippen LogP contribution in [0.3, 0.4) is 0 Å². The molecule has 0 aromatic rings. The van der Waals surface area contributed by atoms with Crippen molar-refractivity contribution in [3.8, 4) is 0 Å². The Kier molecular flexibility index (Phi) is 69.9. The van der Waals surface area contributed by atoms with E-state index in [4.69, 9.17) is 4.74 Å². The number of hydrogen-bond donors (Lipinski definition) is 3. The SMILES string of the molecule is CCCC/C=C\C/C=C\CCCCCCCC(=O)OCCCCCCCCCCCCCC/C=C\CCCCCCCCCCCCCCC(=O)NC(CO)C(O)CCCCCCCCCCCCCCCCCCCCCCCCC. The summed E-state index contributed by atoms with van der Waals surface area (Å²) in [5, 5.41) is 23.5. The van der Waals surface area contributed by atoms with E-state index in [0.29, 0.717) is 25.9 Å². The molecule has 0 radical (unpaired) electrons. The summed E-state index contributed by atoms with van der Waals surface area (Å²) in [5.41, 5.74) is 0. The van der Waals surface area contributed by atoms with Gasteiger partial charge in [-0.1, -0.05) is 359 Å². The lowest BCUT2D eigenvalue weighted by Gasteiger charge is -2.22. The maximum absolute atomic E-state index is 12.6. The molecule has 0 bridgehead atoms. The predicted molar refractivity (Wildman–Crippen MR) is 361 cm³/mol. The Morgan fingerprint density at radius 1 is 0.341 bits per heavy atom. The molecule has 0 rings (SSSR count). The number of carbonyl (C=O) groups excluding carboxylic acids is 2. The average molecular weight is 1150 g/mol. The summed E-state index contributed by atoms with van der Waals surface area (Å²) in [6, 6.07) is -0.543. The Morgan fingerprint density at radius 3 is 0.976 bits per heavy atom. The highest BCUT2D eigenvalue weighted by Gasteiger charge is 2.20. The van der Waals surface area contributed by atoms with Crippen molar-refractivity contribution in [1.82, 2.24) is 5.32 Å². The minimum absolute atomic E-state index is 0.00177. The van der Waals surface area contributed by atoms with E-state index < -0.39 is 12.1 Å². The molecule has 0 aliphatic carbocycles. The molecule has 0 aliphatic rings. The van der Waals surface area contributed by atoms with Gasteiger partial charge in [-0.15, -0.1) is 0 Å². The van der Waals surface area contributed by atoms with Gasteiger partial charge in [-0.25, -0.2) is 0 Å². The zero-order chi connectivity index (χ0) is 59.2. The molecule has 0 saturated heterocycles. The van der Waals surface area contributed by atoms with E-state index in [1.807, 2.05) is 0 Å². The van der Waals surface area contributed by atoms with E-state index in [9.17, 15) is 19.8 Å². The molecule has 0 fully saturated rings. The first-order valence-corrected chi connectivity index (χ1v) is 37.2.